The molecule has 0 atom stereocenters. The fourth-order valence-corrected chi connectivity index (χ4v) is 1.95. The first-order chi connectivity index (χ1) is 8.72. The summed E-state index contributed by atoms with van der Waals surface area (Å²) in [6.45, 7) is 0. The second-order valence-corrected chi connectivity index (χ2v) is 4.50. The average Bonchev–Trinajstić information content (AvgIpc) is 2.25. The van der Waals surface area contributed by atoms with E-state index in [0.29, 0.717) is 11.3 Å². The summed E-state index contributed by atoms with van der Waals surface area (Å²) in [6.07, 6.45) is 2.90. The van der Waals surface area contributed by atoms with E-state index in [0.717, 1.165) is 24.6 Å². The Balaban J connectivity index is 1.88. The molecule has 0 bridgehead atoms. The predicted molar refractivity (Wildman–Crippen MR) is 65.5 cm³/mol. The Morgan fingerprint density at radius 1 is 1.22 bits per heavy atom. The van der Waals surface area contributed by atoms with Crippen LogP contribution >= 0.6 is 0 Å². The van der Waals surface area contributed by atoms with Gasteiger partial charge in [0.1, 0.15) is 11.3 Å². The lowest BCUT2D eigenvalue weighted by Crippen LogP contribution is -2.26. The molecule has 18 heavy (non-hydrogen) atoms. The van der Waals surface area contributed by atoms with Crippen LogP contribution in [0.1, 0.15) is 19.3 Å². The second-order valence-electron chi connectivity index (χ2n) is 4.50. The van der Waals surface area contributed by atoms with Crippen LogP contribution in [-0.2, 0) is 4.79 Å². The van der Waals surface area contributed by atoms with Crippen LogP contribution in [-0.4, -0.2) is 5.97 Å². The third-order valence-corrected chi connectivity index (χ3v) is 3.25. The van der Waals surface area contributed by atoms with Crippen LogP contribution in [0.4, 0.5) is 0 Å². The number of benzene rings is 1. The normalized spacial score (nSPS) is 15.3. The minimum Gasteiger partial charge on any atom is -0.426 e. The van der Waals surface area contributed by atoms with Crippen molar-refractivity contribution in [3.63, 3.8) is 0 Å². The summed E-state index contributed by atoms with van der Waals surface area (Å²) >= 11 is 0. The number of esters is 1. The lowest BCUT2D eigenvalue weighted by Gasteiger charge is -2.22. The van der Waals surface area contributed by atoms with Crippen molar-refractivity contribution in [3.8, 4) is 5.75 Å². The van der Waals surface area contributed by atoms with E-state index in [-0.39, 0.29) is 11.9 Å². The Morgan fingerprint density at radius 2 is 2.00 bits per heavy atom. The number of carbonyl (C=O) groups excluding carboxylic acids is 1. The SMILES string of the molecule is O=C(Oc1ccc2ccc(=O)oc2c1)C1CCC1. The zero-order valence-corrected chi connectivity index (χ0v) is 9.72. The van der Waals surface area contributed by atoms with Gasteiger partial charge in [0.05, 0.1) is 5.92 Å². The zero-order valence-electron chi connectivity index (χ0n) is 9.72. The van der Waals surface area contributed by atoms with Crippen molar-refractivity contribution in [3.05, 3.63) is 40.8 Å². The topological polar surface area (TPSA) is 56.5 Å². The highest BCUT2D eigenvalue weighted by molar-refractivity contribution is 5.80. The van der Waals surface area contributed by atoms with E-state index in [4.69, 9.17) is 9.15 Å². The van der Waals surface area contributed by atoms with Crippen molar-refractivity contribution in [1.29, 1.82) is 0 Å². The maximum atomic E-state index is 11.7. The minimum atomic E-state index is -0.412. The molecule has 0 N–H and O–H groups in total. The Hall–Kier alpha value is -2.10. The van der Waals surface area contributed by atoms with E-state index < -0.39 is 5.63 Å². The summed E-state index contributed by atoms with van der Waals surface area (Å²) in [5.41, 5.74) is 0.0198. The van der Waals surface area contributed by atoms with E-state index in [9.17, 15) is 9.59 Å². The standard InChI is InChI=1S/C14H12O4/c15-13-7-5-9-4-6-11(8-12(9)18-13)17-14(16)10-2-1-3-10/h4-8,10H,1-3H2. The van der Waals surface area contributed by atoms with Crippen molar-refractivity contribution in [2.45, 2.75) is 19.3 Å². The molecule has 0 radical (unpaired) electrons. The zero-order chi connectivity index (χ0) is 12.5. The second kappa shape index (κ2) is 4.29. The molecule has 0 aliphatic heterocycles. The van der Waals surface area contributed by atoms with Crippen LogP contribution in [0.5, 0.6) is 5.75 Å². The summed E-state index contributed by atoms with van der Waals surface area (Å²) in [5, 5.41) is 0.804. The quantitative estimate of drug-likeness (QED) is 0.462. The molecule has 1 aromatic heterocycles. The fourth-order valence-electron chi connectivity index (χ4n) is 1.95. The van der Waals surface area contributed by atoms with E-state index in [1.54, 1.807) is 24.3 Å². The Labute approximate surface area is 103 Å². The molecule has 2 aromatic rings. The molecule has 1 aliphatic carbocycles. The first kappa shape index (κ1) is 11.0. The maximum absolute atomic E-state index is 11.7. The molecule has 92 valence electrons. The summed E-state index contributed by atoms with van der Waals surface area (Å²) in [6, 6.07) is 8.09. The van der Waals surface area contributed by atoms with Crippen molar-refractivity contribution in [1.82, 2.24) is 0 Å². The van der Waals surface area contributed by atoms with Gasteiger partial charge >= 0.3 is 11.6 Å². The van der Waals surface area contributed by atoms with Gasteiger partial charge in [0.2, 0.25) is 0 Å². The lowest BCUT2D eigenvalue weighted by molar-refractivity contribution is -0.141. The molecule has 1 aromatic carbocycles. The van der Waals surface area contributed by atoms with Gasteiger partial charge in [-0.1, -0.05) is 6.42 Å². The molecule has 4 heteroatoms. The van der Waals surface area contributed by atoms with Gasteiger partial charge in [0, 0.05) is 17.5 Å². The molecular formula is C14H12O4. The monoisotopic (exact) mass is 244 g/mol. The van der Waals surface area contributed by atoms with E-state index in [1.165, 1.54) is 6.07 Å². The van der Waals surface area contributed by atoms with Crippen LogP contribution in [0.3, 0.4) is 0 Å². The molecule has 0 amide bonds. The van der Waals surface area contributed by atoms with Gasteiger partial charge in [-0.3, -0.25) is 4.79 Å². The number of hydrogen-bond acceptors (Lipinski definition) is 4. The van der Waals surface area contributed by atoms with Crippen molar-refractivity contribution >= 4 is 16.9 Å². The van der Waals surface area contributed by atoms with Gasteiger partial charge in [0.15, 0.2) is 0 Å². The molecule has 1 fully saturated rings. The molecule has 3 rings (SSSR count). The highest BCUT2D eigenvalue weighted by Crippen LogP contribution is 2.28. The van der Waals surface area contributed by atoms with Crippen LogP contribution in [0.2, 0.25) is 0 Å². The highest BCUT2D eigenvalue weighted by atomic mass is 16.5. The predicted octanol–water partition coefficient (Wildman–Crippen LogP) is 2.50. The third-order valence-electron chi connectivity index (χ3n) is 3.25. The summed E-state index contributed by atoms with van der Waals surface area (Å²) < 4.78 is 10.3. The molecule has 0 saturated heterocycles. The van der Waals surface area contributed by atoms with Crippen LogP contribution < -0.4 is 10.4 Å². The number of carbonyl (C=O) groups is 1. The number of hydrogen-bond donors (Lipinski definition) is 0. The highest BCUT2D eigenvalue weighted by Gasteiger charge is 2.27. The van der Waals surface area contributed by atoms with Gasteiger partial charge in [-0.15, -0.1) is 0 Å². The maximum Gasteiger partial charge on any atom is 0.336 e. The Kier molecular flexibility index (Phi) is 2.63. The third kappa shape index (κ3) is 2.01. The van der Waals surface area contributed by atoms with Gasteiger partial charge in [-0.05, 0) is 31.0 Å². The largest absolute Gasteiger partial charge is 0.426 e. The van der Waals surface area contributed by atoms with Gasteiger partial charge in [-0.25, -0.2) is 4.79 Å². The molecule has 1 aliphatic rings. The Bertz CT molecular complexity index is 652. The van der Waals surface area contributed by atoms with Gasteiger partial charge in [-0.2, -0.15) is 0 Å². The molecule has 1 saturated carbocycles. The molecule has 0 spiro atoms. The molecule has 0 unspecified atom stereocenters. The average molecular weight is 244 g/mol. The number of ether oxygens (including phenoxy) is 1. The smallest absolute Gasteiger partial charge is 0.336 e. The first-order valence-electron chi connectivity index (χ1n) is 5.98. The summed E-state index contributed by atoms with van der Waals surface area (Å²) in [5.74, 6) is 0.260. The van der Waals surface area contributed by atoms with Crippen molar-refractivity contribution in [2.75, 3.05) is 0 Å². The van der Waals surface area contributed by atoms with Crippen LogP contribution in [0.25, 0.3) is 11.0 Å². The van der Waals surface area contributed by atoms with E-state index in [1.807, 2.05) is 0 Å². The van der Waals surface area contributed by atoms with Gasteiger partial charge in [0.25, 0.3) is 0 Å². The summed E-state index contributed by atoms with van der Waals surface area (Å²) in [7, 11) is 0. The van der Waals surface area contributed by atoms with Crippen molar-refractivity contribution < 1.29 is 13.9 Å². The lowest BCUT2D eigenvalue weighted by atomic mass is 9.86. The number of rotatable bonds is 2. The van der Waals surface area contributed by atoms with E-state index in [2.05, 4.69) is 0 Å². The fraction of sp³-hybridized carbons (Fsp3) is 0.286. The minimum absolute atomic E-state index is 0.0310. The van der Waals surface area contributed by atoms with Crippen molar-refractivity contribution in [2.24, 2.45) is 5.92 Å². The molecule has 1 heterocycles. The molecular weight excluding hydrogens is 232 g/mol. The van der Waals surface area contributed by atoms with Crippen LogP contribution in [0, 0.1) is 5.92 Å². The van der Waals surface area contributed by atoms with E-state index >= 15 is 0 Å². The molecule has 4 nitrogen and oxygen atoms in total. The Morgan fingerprint density at radius 3 is 2.72 bits per heavy atom. The van der Waals surface area contributed by atoms with Crippen LogP contribution in [0.15, 0.2) is 39.5 Å². The number of fused-ring (bicyclic) bond motifs is 1. The summed E-state index contributed by atoms with van der Waals surface area (Å²) in [4.78, 5) is 22.8. The van der Waals surface area contributed by atoms with Gasteiger partial charge < -0.3 is 9.15 Å². The first-order valence-corrected chi connectivity index (χ1v) is 5.98.